The molecule has 1 fully saturated rings. The fourth-order valence-electron chi connectivity index (χ4n) is 2.24. The number of halogens is 1. The molecule has 0 radical (unpaired) electrons. The van der Waals surface area contributed by atoms with Crippen LogP contribution in [0.2, 0.25) is 5.02 Å². The van der Waals surface area contributed by atoms with Gasteiger partial charge in [-0.15, -0.1) is 0 Å². The molecular weight excluding hydrogens is 266 g/mol. The molecule has 0 aromatic heterocycles. The number of nitrogens with zero attached hydrogens (tertiary/aromatic N) is 1. The lowest BCUT2D eigenvalue weighted by atomic mass is 10.2. The minimum atomic E-state index is -0.341. The third-order valence-electron chi connectivity index (χ3n) is 3.28. The van der Waals surface area contributed by atoms with Crippen LogP contribution >= 0.6 is 11.6 Å². The Morgan fingerprint density at radius 2 is 2.32 bits per heavy atom. The van der Waals surface area contributed by atoms with Crippen LogP contribution in [0.5, 0.6) is 0 Å². The van der Waals surface area contributed by atoms with E-state index in [1.165, 1.54) is 0 Å². The SMILES string of the molecule is CCOC(=O)c1ccc(N2CC[C@@H](OC)C2)c(Cl)c1. The number of methoxy groups -OCH3 is 1. The molecule has 2 rings (SSSR count). The number of benzene rings is 1. The Labute approximate surface area is 118 Å². The maximum Gasteiger partial charge on any atom is 0.338 e. The molecule has 1 atom stereocenters. The highest BCUT2D eigenvalue weighted by molar-refractivity contribution is 6.33. The zero-order chi connectivity index (χ0) is 13.8. The lowest BCUT2D eigenvalue weighted by Gasteiger charge is -2.20. The number of rotatable bonds is 4. The number of carbonyl (C=O) groups is 1. The largest absolute Gasteiger partial charge is 0.462 e. The third-order valence-corrected chi connectivity index (χ3v) is 3.58. The maximum absolute atomic E-state index is 11.6. The van der Waals surface area contributed by atoms with E-state index in [4.69, 9.17) is 21.1 Å². The van der Waals surface area contributed by atoms with Gasteiger partial charge in [-0.3, -0.25) is 0 Å². The van der Waals surface area contributed by atoms with Crippen LogP contribution in [0.4, 0.5) is 5.69 Å². The van der Waals surface area contributed by atoms with E-state index in [-0.39, 0.29) is 12.1 Å². The molecule has 1 aromatic carbocycles. The van der Waals surface area contributed by atoms with Gasteiger partial charge in [-0.1, -0.05) is 11.6 Å². The Balaban J connectivity index is 2.13. The van der Waals surface area contributed by atoms with E-state index in [2.05, 4.69) is 4.90 Å². The number of hydrogen-bond donors (Lipinski definition) is 0. The van der Waals surface area contributed by atoms with E-state index in [1.54, 1.807) is 26.2 Å². The molecule has 19 heavy (non-hydrogen) atoms. The standard InChI is InChI=1S/C14H18ClNO3/c1-3-19-14(17)10-4-5-13(12(15)8-10)16-7-6-11(9-16)18-2/h4-5,8,11H,3,6-7,9H2,1-2H3/t11-/m1/s1. The van der Waals surface area contributed by atoms with Gasteiger partial charge in [-0.05, 0) is 31.5 Å². The summed E-state index contributed by atoms with van der Waals surface area (Å²) >= 11 is 6.25. The lowest BCUT2D eigenvalue weighted by molar-refractivity contribution is 0.0526. The van der Waals surface area contributed by atoms with Crippen LogP contribution in [0.25, 0.3) is 0 Å². The molecule has 0 spiro atoms. The van der Waals surface area contributed by atoms with Gasteiger partial charge < -0.3 is 14.4 Å². The van der Waals surface area contributed by atoms with Gasteiger partial charge >= 0.3 is 5.97 Å². The van der Waals surface area contributed by atoms with Gasteiger partial charge in [0, 0.05) is 20.2 Å². The van der Waals surface area contributed by atoms with Crippen molar-refractivity contribution in [3.05, 3.63) is 28.8 Å². The summed E-state index contributed by atoms with van der Waals surface area (Å²) in [5.74, 6) is -0.341. The summed E-state index contributed by atoms with van der Waals surface area (Å²) in [7, 11) is 1.72. The van der Waals surface area contributed by atoms with Gasteiger partial charge in [-0.2, -0.15) is 0 Å². The van der Waals surface area contributed by atoms with E-state index in [1.807, 2.05) is 6.07 Å². The van der Waals surface area contributed by atoms with Gasteiger partial charge in [0.2, 0.25) is 0 Å². The predicted molar refractivity (Wildman–Crippen MR) is 75.0 cm³/mol. The topological polar surface area (TPSA) is 38.8 Å². The third kappa shape index (κ3) is 3.19. The van der Waals surface area contributed by atoms with Crippen molar-refractivity contribution in [3.8, 4) is 0 Å². The predicted octanol–water partition coefficient (Wildman–Crippen LogP) is 2.74. The second kappa shape index (κ2) is 6.26. The lowest BCUT2D eigenvalue weighted by Crippen LogP contribution is -2.22. The molecule has 0 unspecified atom stereocenters. The molecular formula is C14H18ClNO3. The van der Waals surface area contributed by atoms with Crippen LogP contribution in [-0.2, 0) is 9.47 Å². The minimum Gasteiger partial charge on any atom is -0.462 e. The summed E-state index contributed by atoms with van der Waals surface area (Å²) in [5.41, 5.74) is 1.42. The average molecular weight is 284 g/mol. The van der Waals surface area contributed by atoms with E-state index in [0.717, 1.165) is 25.2 Å². The zero-order valence-electron chi connectivity index (χ0n) is 11.2. The highest BCUT2D eigenvalue weighted by atomic mass is 35.5. The van der Waals surface area contributed by atoms with Crippen LogP contribution in [0.3, 0.4) is 0 Å². The maximum atomic E-state index is 11.6. The summed E-state index contributed by atoms with van der Waals surface area (Å²) in [4.78, 5) is 13.8. The Kier molecular flexibility index (Phi) is 4.66. The number of hydrogen-bond acceptors (Lipinski definition) is 4. The first kappa shape index (κ1) is 14.2. The van der Waals surface area contributed by atoms with Crippen molar-refractivity contribution in [2.24, 2.45) is 0 Å². The molecule has 4 nitrogen and oxygen atoms in total. The Morgan fingerprint density at radius 1 is 1.53 bits per heavy atom. The van der Waals surface area contributed by atoms with Gasteiger partial charge in [0.05, 0.1) is 29.0 Å². The van der Waals surface area contributed by atoms with Crippen molar-refractivity contribution >= 4 is 23.3 Å². The summed E-state index contributed by atoms with van der Waals surface area (Å²) in [6, 6.07) is 5.28. The molecule has 1 aromatic rings. The summed E-state index contributed by atoms with van der Waals surface area (Å²) in [6.45, 7) is 3.88. The van der Waals surface area contributed by atoms with E-state index >= 15 is 0 Å². The number of anilines is 1. The number of esters is 1. The molecule has 0 N–H and O–H groups in total. The van der Waals surface area contributed by atoms with E-state index < -0.39 is 0 Å². The van der Waals surface area contributed by atoms with Crippen molar-refractivity contribution in [1.29, 1.82) is 0 Å². The van der Waals surface area contributed by atoms with Crippen LogP contribution in [0.1, 0.15) is 23.7 Å². The van der Waals surface area contributed by atoms with Crippen molar-refractivity contribution in [2.45, 2.75) is 19.4 Å². The molecule has 104 valence electrons. The second-order valence-corrected chi connectivity index (χ2v) is 4.89. The molecule has 0 aliphatic carbocycles. The quantitative estimate of drug-likeness (QED) is 0.797. The normalized spacial score (nSPS) is 18.7. The molecule has 1 saturated heterocycles. The van der Waals surface area contributed by atoms with E-state index in [9.17, 15) is 4.79 Å². The average Bonchev–Trinajstić information content (AvgIpc) is 2.87. The smallest absolute Gasteiger partial charge is 0.338 e. The Hall–Kier alpha value is -1.26. The fraction of sp³-hybridized carbons (Fsp3) is 0.500. The molecule has 0 bridgehead atoms. The van der Waals surface area contributed by atoms with Gasteiger partial charge in [0.1, 0.15) is 0 Å². The first-order valence-electron chi connectivity index (χ1n) is 6.40. The van der Waals surface area contributed by atoms with Crippen LogP contribution in [0, 0.1) is 0 Å². The Bertz CT molecular complexity index is 464. The van der Waals surface area contributed by atoms with Gasteiger partial charge in [0.15, 0.2) is 0 Å². The van der Waals surface area contributed by atoms with Crippen molar-refractivity contribution in [1.82, 2.24) is 0 Å². The summed E-state index contributed by atoms with van der Waals surface area (Å²) in [6.07, 6.45) is 1.24. The van der Waals surface area contributed by atoms with Crippen LogP contribution in [-0.4, -0.2) is 38.9 Å². The van der Waals surface area contributed by atoms with Crippen molar-refractivity contribution < 1.29 is 14.3 Å². The number of carbonyl (C=O) groups excluding carboxylic acids is 1. The van der Waals surface area contributed by atoms with Gasteiger partial charge in [0.25, 0.3) is 0 Å². The van der Waals surface area contributed by atoms with Crippen LogP contribution < -0.4 is 4.90 Å². The molecule has 0 amide bonds. The van der Waals surface area contributed by atoms with Crippen molar-refractivity contribution in [3.63, 3.8) is 0 Å². The Morgan fingerprint density at radius 3 is 2.89 bits per heavy atom. The monoisotopic (exact) mass is 283 g/mol. The van der Waals surface area contributed by atoms with Crippen molar-refractivity contribution in [2.75, 3.05) is 31.7 Å². The molecule has 1 aliphatic heterocycles. The fourth-order valence-corrected chi connectivity index (χ4v) is 2.54. The summed E-state index contributed by atoms with van der Waals surface area (Å²) < 4.78 is 10.3. The van der Waals surface area contributed by atoms with Crippen LogP contribution in [0.15, 0.2) is 18.2 Å². The highest BCUT2D eigenvalue weighted by Gasteiger charge is 2.24. The first-order chi connectivity index (χ1) is 9.15. The first-order valence-corrected chi connectivity index (χ1v) is 6.78. The molecule has 5 heteroatoms. The highest BCUT2D eigenvalue weighted by Crippen LogP contribution is 2.30. The zero-order valence-corrected chi connectivity index (χ0v) is 11.9. The molecule has 1 heterocycles. The second-order valence-electron chi connectivity index (χ2n) is 4.48. The molecule has 1 aliphatic rings. The minimum absolute atomic E-state index is 0.251. The summed E-state index contributed by atoms with van der Waals surface area (Å²) in [5, 5.41) is 0.572. The van der Waals surface area contributed by atoms with Gasteiger partial charge in [-0.25, -0.2) is 4.79 Å². The van der Waals surface area contributed by atoms with E-state index in [0.29, 0.717) is 17.2 Å². The number of ether oxygens (including phenoxy) is 2. The molecule has 0 saturated carbocycles.